The number of aliphatic hydroxyl groups excluding tert-OH is 2. The minimum absolute atomic E-state index is 0.351. The Hall–Kier alpha value is -0.980. The fourth-order valence-corrected chi connectivity index (χ4v) is 0.761. The van der Waals surface area contributed by atoms with Gasteiger partial charge in [-0.05, 0) is 6.92 Å². The van der Waals surface area contributed by atoms with Crippen molar-refractivity contribution >= 4 is 11.8 Å². The third kappa shape index (κ3) is 3.97. The summed E-state index contributed by atoms with van der Waals surface area (Å²) in [6.07, 6.45) is -3.34. The van der Waals surface area contributed by atoms with Crippen LogP contribution in [0.5, 0.6) is 0 Å². The second-order valence-electron chi connectivity index (χ2n) is 2.80. The van der Waals surface area contributed by atoms with Crippen LogP contribution < -0.4 is 5.73 Å². The Kier molecular flexibility index (Phi) is 4.53. The molecular weight excluding hydrogens is 178 g/mol. The first kappa shape index (κ1) is 12.0. The van der Waals surface area contributed by atoms with Crippen LogP contribution in [-0.4, -0.2) is 45.3 Å². The molecule has 6 heteroatoms. The number of aliphatic hydroxyl groups is 2. The normalized spacial score (nSPS) is 17.5. The number of carbonyl (C=O) groups excluding carboxylic acids is 1. The zero-order valence-corrected chi connectivity index (χ0v) is 7.17. The molecule has 0 bridgehead atoms. The lowest BCUT2D eigenvalue weighted by Gasteiger charge is -2.16. The van der Waals surface area contributed by atoms with E-state index in [1.165, 1.54) is 0 Å². The topological polar surface area (TPSA) is 121 Å². The molecule has 0 saturated heterocycles. The van der Waals surface area contributed by atoms with E-state index in [1.54, 1.807) is 0 Å². The Labute approximate surface area is 75.0 Å². The first-order valence-electron chi connectivity index (χ1n) is 3.71. The monoisotopic (exact) mass is 191 g/mol. The van der Waals surface area contributed by atoms with E-state index in [1.807, 2.05) is 0 Å². The molecule has 0 unspecified atom stereocenters. The minimum atomic E-state index is -1.56. The number of hydrogen-bond donors (Lipinski definition) is 4. The van der Waals surface area contributed by atoms with Crippen LogP contribution in [0.15, 0.2) is 0 Å². The predicted molar refractivity (Wildman–Crippen MR) is 42.9 cm³/mol. The standard InChI is InChI=1S/C7H13NO5/c1-3(9)6(11)5(10)2-4(8)7(12)13/h4-6,10-11H,2,8H2,1H3,(H,12,13)/t4-,5-,6-/m1/s1. The van der Waals surface area contributed by atoms with Crippen molar-refractivity contribution in [3.05, 3.63) is 0 Å². The van der Waals surface area contributed by atoms with Gasteiger partial charge in [-0.3, -0.25) is 9.59 Å². The van der Waals surface area contributed by atoms with Crippen LogP contribution in [0.2, 0.25) is 0 Å². The maximum Gasteiger partial charge on any atom is 0.320 e. The average Bonchev–Trinajstić information content (AvgIpc) is 2.02. The van der Waals surface area contributed by atoms with Gasteiger partial charge in [-0.15, -0.1) is 0 Å². The molecule has 76 valence electrons. The van der Waals surface area contributed by atoms with E-state index in [4.69, 9.17) is 21.1 Å². The number of Topliss-reactive ketones (excluding diaryl/α,β-unsaturated/α-hetero) is 1. The summed E-state index contributed by atoms with van der Waals surface area (Å²) in [4.78, 5) is 20.8. The van der Waals surface area contributed by atoms with Crippen molar-refractivity contribution in [3.63, 3.8) is 0 Å². The highest BCUT2D eigenvalue weighted by Crippen LogP contribution is 2.03. The molecule has 0 spiro atoms. The lowest BCUT2D eigenvalue weighted by Crippen LogP contribution is -2.40. The smallest absolute Gasteiger partial charge is 0.320 e. The van der Waals surface area contributed by atoms with E-state index >= 15 is 0 Å². The third-order valence-electron chi connectivity index (χ3n) is 1.59. The fraction of sp³-hybridized carbons (Fsp3) is 0.714. The summed E-state index contributed by atoms with van der Waals surface area (Å²) >= 11 is 0. The molecule has 0 amide bonds. The Morgan fingerprint density at radius 1 is 1.38 bits per heavy atom. The lowest BCUT2D eigenvalue weighted by atomic mass is 10.0. The van der Waals surface area contributed by atoms with E-state index in [-0.39, 0.29) is 6.42 Å². The lowest BCUT2D eigenvalue weighted by molar-refractivity contribution is -0.141. The first-order valence-corrected chi connectivity index (χ1v) is 3.71. The molecule has 5 N–H and O–H groups in total. The summed E-state index contributed by atoms with van der Waals surface area (Å²) in [6.45, 7) is 1.10. The number of nitrogens with two attached hydrogens (primary N) is 1. The van der Waals surface area contributed by atoms with Crippen molar-refractivity contribution in [2.45, 2.75) is 31.6 Å². The van der Waals surface area contributed by atoms with Crippen molar-refractivity contribution in [2.75, 3.05) is 0 Å². The van der Waals surface area contributed by atoms with E-state index in [2.05, 4.69) is 0 Å². The van der Waals surface area contributed by atoms with Gasteiger partial charge in [0.2, 0.25) is 0 Å². The molecule has 0 radical (unpaired) electrons. The van der Waals surface area contributed by atoms with Gasteiger partial charge in [0.05, 0.1) is 6.10 Å². The van der Waals surface area contributed by atoms with Gasteiger partial charge in [0.15, 0.2) is 5.78 Å². The largest absolute Gasteiger partial charge is 0.480 e. The quantitative estimate of drug-likeness (QED) is 0.402. The zero-order chi connectivity index (χ0) is 10.6. The van der Waals surface area contributed by atoms with Gasteiger partial charge < -0.3 is 21.1 Å². The van der Waals surface area contributed by atoms with Crippen molar-refractivity contribution in [2.24, 2.45) is 5.73 Å². The Morgan fingerprint density at radius 2 is 1.85 bits per heavy atom. The van der Waals surface area contributed by atoms with Crippen LogP contribution in [0.1, 0.15) is 13.3 Å². The van der Waals surface area contributed by atoms with Crippen LogP contribution in [0.4, 0.5) is 0 Å². The van der Waals surface area contributed by atoms with Crippen LogP contribution >= 0.6 is 0 Å². The molecule has 0 fully saturated rings. The molecule has 6 nitrogen and oxygen atoms in total. The summed E-state index contributed by atoms with van der Waals surface area (Å²) in [6, 6.07) is -1.27. The van der Waals surface area contributed by atoms with Crippen LogP contribution in [0.3, 0.4) is 0 Å². The van der Waals surface area contributed by atoms with E-state index in [0.717, 1.165) is 6.92 Å². The number of ketones is 1. The highest BCUT2D eigenvalue weighted by atomic mass is 16.4. The molecule has 0 aliphatic heterocycles. The van der Waals surface area contributed by atoms with Crippen LogP contribution in [-0.2, 0) is 9.59 Å². The first-order chi connectivity index (χ1) is 5.86. The van der Waals surface area contributed by atoms with Crippen molar-refractivity contribution in [1.29, 1.82) is 0 Å². The average molecular weight is 191 g/mol. The molecule has 0 aromatic rings. The highest BCUT2D eigenvalue weighted by Gasteiger charge is 2.25. The molecule has 3 atom stereocenters. The van der Waals surface area contributed by atoms with Crippen molar-refractivity contribution in [1.82, 2.24) is 0 Å². The molecule has 0 aromatic carbocycles. The van der Waals surface area contributed by atoms with E-state index in [0.29, 0.717) is 0 Å². The summed E-state index contributed by atoms with van der Waals surface area (Å²) in [5.74, 6) is -1.90. The van der Waals surface area contributed by atoms with Gasteiger partial charge in [0.1, 0.15) is 12.1 Å². The number of carbonyl (C=O) groups is 2. The number of carboxylic acids is 1. The van der Waals surface area contributed by atoms with E-state index < -0.39 is 30.0 Å². The van der Waals surface area contributed by atoms with Gasteiger partial charge in [-0.2, -0.15) is 0 Å². The molecule has 0 aliphatic rings. The molecule has 0 aromatic heterocycles. The van der Waals surface area contributed by atoms with Gasteiger partial charge in [-0.1, -0.05) is 0 Å². The van der Waals surface area contributed by atoms with Crippen LogP contribution in [0.25, 0.3) is 0 Å². The highest BCUT2D eigenvalue weighted by molar-refractivity contribution is 5.81. The summed E-state index contributed by atoms with van der Waals surface area (Å²) in [5.41, 5.74) is 5.07. The van der Waals surface area contributed by atoms with Crippen molar-refractivity contribution < 1.29 is 24.9 Å². The second kappa shape index (κ2) is 4.90. The number of hydrogen-bond acceptors (Lipinski definition) is 5. The molecule has 0 rings (SSSR count). The molecule has 13 heavy (non-hydrogen) atoms. The SMILES string of the molecule is CC(=O)[C@@H](O)[C@H](O)C[C@@H](N)C(=O)O. The Bertz CT molecular complexity index is 205. The number of aliphatic carboxylic acids is 1. The van der Waals surface area contributed by atoms with Gasteiger partial charge >= 0.3 is 5.97 Å². The molecular formula is C7H13NO5. The summed E-state index contributed by atoms with van der Waals surface area (Å²) in [5, 5.41) is 26.4. The maximum absolute atomic E-state index is 10.5. The third-order valence-corrected chi connectivity index (χ3v) is 1.59. The number of carboxylic acid groups (broad SMARTS) is 1. The molecule has 0 saturated carbocycles. The van der Waals surface area contributed by atoms with Gasteiger partial charge in [-0.25, -0.2) is 0 Å². The predicted octanol–water partition coefficient (Wildman–Crippen LogP) is -1.90. The maximum atomic E-state index is 10.5. The fourth-order valence-electron chi connectivity index (χ4n) is 0.761. The van der Waals surface area contributed by atoms with Crippen molar-refractivity contribution in [3.8, 4) is 0 Å². The summed E-state index contributed by atoms with van der Waals surface area (Å²) < 4.78 is 0. The molecule has 0 heterocycles. The van der Waals surface area contributed by atoms with Gasteiger partial charge in [0.25, 0.3) is 0 Å². The van der Waals surface area contributed by atoms with Gasteiger partial charge in [0, 0.05) is 6.42 Å². The number of rotatable bonds is 5. The Balaban J connectivity index is 4.06. The minimum Gasteiger partial charge on any atom is -0.480 e. The molecule has 0 aliphatic carbocycles. The van der Waals surface area contributed by atoms with Crippen LogP contribution in [0, 0.1) is 0 Å². The second-order valence-corrected chi connectivity index (χ2v) is 2.80. The Morgan fingerprint density at radius 3 is 2.15 bits per heavy atom. The zero-order valence-electron chi connectivity index (χ0n) is 7.17. The summed E-state index contributed by atoms with van der Waals surface area (Å²) in [7, 11) is 0. The van der Waals surface area contributed by atoms with E-state index in [9.17, 15) is 9.59 Å².